The Labute approximate surface area is 179 Å². The van der Waals surface area contributed by atoms with Crippen molar-refractivity contribution in [3.63, 3.8) is 0 Å². The van der Waals surface area contributed by atoms with Crippen LogP contribution in [0.3, 0.4) is 0 Å². The highest BCUT2D eigenvalue weighted by molar-refractivity contribution is 6.02. The molecule has 0 radical (unpaired) electrons. The highest BCUT2D eigenvalue weighted by atomic mass is 16.5. The van der Waals surface area contributed by atoms with E-state index in [9.17, 15) is 9.59 Å². The Morgan fingerprint density at radius 3 is 2.68 bits per heavy atom. The maximum Gasteiger partial charge on any atom is 0.340 e. The number of ether oxygens (including phenoxy) is 2. The molecule has 3 heterocycles. The number of nitrogens with one attached hydrogen (secondary N) is 1. The minimum atomic E-state index is -0.522. The van der Waals surface area contributed by atoms with Crippen molar-refractivity contribution in [2.75, 3.05) is 43.6 Å². The molecular formula is C21H24N6O4. The molecule has 1 amide bonds. The van der Waals surface area contributed by atoms with Gasteiger partial charge in [-0.15, -0.1) is 5.10 Å². The standard InChI is InChI=1S/C21H24N6O4/c1-13-10-14(2)27-21(22-13)24-18(25-27)12-19(28)23-17-5-4-15(11-16(17)20(29)30-3)26-6-8-31-9-7-26/h4-5,10-11H,6-9,12H2,1-3H3,(H,23,28). The van der Waals surface area contributed by atoms with Crippen molar-refractivity contribution in [2.45, 2.75) is 20.3 Å². The Balaban J connectivity index is 1.54. The van der Waals surface area contributed by atoms with Gasteiger partial charge in [-0.1, -0.05) is 0 Å². The van der Waals surface area contributed by atoms with Crippen molar-refractivity contribution >= 4 is 29.0 Å². The van der Waals surface area contributed by atoms with Crippen LogP contribution in [0.4, 0.5) is 11.4 Å². The summed E-state index contributed by atoms with van der Waals surface area (Å²) in [5.74, 6) is -0.0604. The number of nitrogens with zero attached hydrogens (tertiary/aromatic N) is 5. The van der Waals surface area contributed by atoms with Gasteiger partial charge >= 0.3 is 5.97 Å². The lowest BCUT2D eigenvalue weighted by Gasteiger charge is -2.29. The fourth-order valence-corrected chi connectivity index (χ4v) is 3.56. The van der Waals surface area contributed by atoms with E-state index in [-0.39, 0.29) is 17.9 Å². The van der Waals surface area contributed by atoms with Gasteiger partial charge < -0.3 is 19.7 Å². The third kappa shape index (κ3) is 4.48. The van der Waals surface area contributed by atoms with Crippen LogP contribution in [-0.2, 0) is 20.7 Å². The lowest BCUT2D eigenvalue weighted by Crippen LogP contribution is -2.36. The molecule has 3 aromatic rings. The topological polar surface area (TPSA) is 111 Å². The molecule has 1 saturated heterocycles. The third-order valence-corrected chi connectivity index (χ3v) is 5.04. The molecule has 2 aromatic heterocycles. The second-order valence-corrected chi connectivity index (χ2v) is 7.32. The second kappa shape index (κ2) is 8.68. The molecule has 0 aliphatic carbocycles. The number of carbonyl (C=O) groups excluding carboxylic acids is 2. The second-order valence-electron chi connectivity index (χ2n) is 7.32. The molecule has 0 saturated carbocycles. The van der Waals surface area contributed by atoms with E-state index < -0.39 is 5.97 Å². The summed E-state index contributed by atoms with van der Waals surface area (Å²) in [6, 6.07) is 7.20. The largest absolute Gasteiger partial charge is 0.465 e. The van der Waals surface area contributed by atoms with Gasteiger partial charge in [-0.25, -0.2) is 14.3 Å². The van der Waals surface area contributed by atoms with Crippen LogP contribution in [0, 0.1) is 13.8 Å². The van der Waals surface area contributed by atoms with E-state index in [2.05, 4.69) is 25.3 Å². The molecule has 10 heteroatoms. The number of esters is 1. The number of carbonyl (C=O) groups is 2. The number of morpholine rings is 1. The minimum Gasteiger partial charge on any atom is -0.465 e. The SMILES string of the molecule is COC(=O)c1cc(N2CCOCC2)ccc1NC(=O)Cc1nc2nc(C)cc(C)n2n1. The van der Waals surface area contributed by atoms with Crippen LogP contribution in [0.1, 0.15) is 27.6 Å². The van der Waals surface area contributed by atoms with E-state index in [1.54, 1.807) is 16.6 Å². The van der Waals surface area contributed by atoms with Gasteiger partial charge in [0.2, 0.25) is 5.91 Å². The summed E-state index contributed by atoms with van der Waals surface area (Å²) < 4.78 is 11.9. The van der Waals surface area contributed by atoms with Crippen molar-refractivity contribution in [3.05, 3.63) is 47.0 Å². The summed E-state index contributed by atoms with van der Waals surface area (Å²) >= 11 is 0. The van der Waals surface area contributed by atoms with Gasteiger partial charge in [0.15, 0.2) is 5.82 Å². The summed E-state index contributed by atoms with van der Waals surface area (Å²) in [4.78, 5) is 35.8. The van der Waals surface area contributed by atoms with Gasteiger partial charge in [-0.2, -0.15) is 4.98 Å². The number of aromatic nitrogens is 4. The van der Waals surface area contributed by atoms with Crippen molar-refractivity contribution < 1.29 is 19.1 Å². The predicted octanol–water partition coefficient (Wildman–Crippen LogP) is 1.55. The van der Waals surface area contributed by atoms with Crippen LogP contribution < -0.4 is 10.2 Å². The first kappa shape index (κ1) is 20.7. The number of amides is 1. The zero-order valence-electron chi connectivity index (χ0n) is 17.7. The summed E-state index contributed by atoms with van der Waals surface area (Å²) in [7, 11) is 1.31. The van der Waals surface area contributed by atoms with Crippen molar-refractivity contribution in [2.24, 2.45) is 0 Å². The summed E-state index contributed by atoms with van der Waals surface area (Å²) in [6.45, 7) is 6.51. The highest BCUT2D eigenvalue weighted by Gasteiger charge is 2.19. The van der Waals surface area contributed by atoms with Gasteiger partial charge in [0.1, 0.15) is 0 Å². The first-order valence-electron chi connectivity index (χ1n) is 9.99. The summed E-state index contributed by atoms with van der Waals surface area (Å²) in [5, 5.41) is 7.14. The van der Waals surface area contributed by atoms with Gasteiger partial charge in [-0.3, -0.25) is 4.79 Å². The fourth-order valence-electron chi connectivity index (χ4n) is 3.56. The quantitative estimate of drug-likeness (QED) is 0.614. The minimum absolute atomic E-state index is 0.0479. The maximum absolute atomic E-state index is 12.7. The maximum atomic E-state index is 12.7. The zero-order chi connectivity index (χ0) is 22.0. The number of hydrogen-bond acceptors (Lipinski definition) is 8. The number of methoxy groups -OCH3 is 1. The monoisotopic (exact) mass is 424 g/mol. The van der Waals surface area contributed by atoms with Crippen LogP contribution in [0.15, 0.2) is 24.3 Å². The molecule has 1 aliphatic heterocycles. The number of hydrogen-bond donors (Lipinski definition) is 1. The first-order valence-corrected chi connectivity index (χ1v) is 9.99. The predicted molar refractivity (Wildman–Crippen MR) is 113 cm³/mol. The average molecular weight is 424 g/mol. The van der Waals surface area contributed by atoms with E-state index in [1.807, 2.05) is 26.0 Å². The fraction of sp³-hybridized carbons (Fsp3) is 0.381. The number of rotatable bonds is 5. The Bertz CT molecular complexity index is 1140. The van der Waals surface area contributed by atoms with E-state index in [0.717, 1.165) is 30.2 Å². The average Bonchev–Trinajstić information content (AvgIpc) is 3.16. The highest BCUT2D eigenvalue weighted by Crippen LogP contribution is 2.25. The van der Waals surface area contributed by atoms with Gasteiger partial charge in [0, 0.05) is 30.2 Å². The smallest absolute Gasteiger partial charge is 0.340 e. The molecular weight excluding hydrogens is 400 g/mol. The van der Waals surface area contributed by atoms with Gasteiger partial charge in [0.25, 0.3) is 5.78 Å². The molecule has 162 valence electrons. The first-order chi connectivity index (χ1) is 14.9. The summed E-state index contributed by atoms with van der Waals surface area (Å²) in [5.41, 5.74) is 3.25. The van der Waals surface area contributed by atoms with Crippen LogP contribution in [0.5, 0.6) is 0 Å². The normalized spacial score (nSPS) is 14.0. The van der Waals surface area contributed by atoms with E-state index >= 15 is 0 Å². The molecule has 0 atom stereocenters. The number of aryl methyl sites for hydroxylation is 2. The molecule has 0 unspecified atom stereocenters. The van der Waals surface area contributed by atoms with Gasteiger partial charge in [0.05, 0.1) is 38.0 Å². The number of benzene rings is 1. The molecule has 0 spiro atoms. The zero-order valence-corrected chi connectivity index (χ0v) is 17.7. The molecule has 4 rings (SSSR count). The Morgan fingerprint density at radius 2 is 1.94 bits per heavy atom. The van der Waals surface area contributed by atoms with E-state index in [4.69, 9.17) is 9.47 Å². The lowest BCUT2D eigenvalue weighted by atomic mass is 10.1. The number of fused-ring (bicyclic) bond motifs is 1. The van der Waals surface area contributed by atoms with Crippen LogP contribution >= 0.6 is 0 Å². The van der Waals surface area contributed by atoms with Crippen molar-refractivity contribution in [1.29, 1.82) is 0 Å². The molecule has 10 nitrogen and oxygen atoms in total. The van der Waals surface area contributed by atoms with Crippen LogP contribution in [-0.4, -0.2) is 64.9 Å². The van der Waals surface area contributed by atoms with Crippen LogP contribution in [0.2, 0.25) is 0 Å². The molecule has 1 N–H and O–H groups in total. The number of anilines is 2. The summed E-state index contributed by atoms with van der Waals surface area (Å²) in [6.07, 6.45) is -0.0479. The Hall–Kier alpha value is -3.53. The molecule has 1 fully saturated rings. The van der Waals surface area contributed by atoms with E-state index in [1.165, 1.54) is 7.11 Å². The van der Waals surface area contributed by atoms with Crippen LogP contribution in [0.25, 0.3) is 5.78 Å². The van der Waals surface area contributed by atoms with Crippen molar-refractivity contribution in [3.8, 4) is 0 Å². The third-order valence-electron chi connectivity index (χ3n) is 5.04. The Morgan fingerprint density at radius 1 is 1.16 bits per heavy atom. The molecule has 0 bridgehead atoms. The van der Waals surface area contributed by atoms with E-state index in [0.29, 0.717) is 30.5 Å². The lowest BCUT2D eigenvalue weighted by molar-refractivity contribution is -0.115. The molecule has 1 aliphatic rings. The Kier molecular flexibility index (Phi) is 5.81. The molecule has 1 aromatic carbocycles. The van der Waals surface area contributed by atoms with Gasteiger partial charge in [-0.05, 0) is 38.1 Å². The van der Waals surface area contributed by atoms with Crippen molar-refractivity contribution in [1.82, 2.24) is 19.6 Å². The molecule has 31 heavy (non-hydrogen) atoms.